The van der Waals surface area contributed by atoms with Gasteiger partial charge in [0.05, 0.1) is 13.7 Å². The van der Waals surface area contributed by atoms with Crippen LogP contribution < -0.4 is 10.1 Å². The molecule has 1 aromatic heterocycles. The lowest BCUT2D eigenvalue weighted by molar-refractivity contribution is -0.0974. The first-order valence-corrected chi connectivity index (χ1v) is 7.04. The number of aromatic nitrogens is 1. The van der Waals surface area contributed by atoms with E-state index in [4.69, 9.17) is 18.6 Å². The van der Waals surface area contributed by atoms with Crippen LogP contribution in [0, 0.1) is 6.92 Å². The summed E-state index contributed by atoms with van der Waals surface area (Å²) in [5.74, 6) is 1.22. The second-order valence-corrected chi connectivity index (χ2v) is 4.76. The molecule has 7 nitrogen and oxygen atoms in total. The number of ether oxygens (including phenoxy) is 3. The maximum absolute atomic E-state index is 12.2. The SMILES string of the molecule is COc1ccc(-c2nc(C(=O)NCC(OC)OC)c(C)o2)cc1. The molecular formula is C16H20N2O5. The van der Waals surface area contributed by atoms with Gasteiger partial charge in [-0.05, 0) is 31.2 Å². The molecule has 0 aliphatic heterocycles. The number of carbonyl (C=O) groups is 1. The Morgan fingerprint density at radius 3 is 2.43 bits per heavy atom. The van der Waals surface area contributed by atoms with Crippen molar-refractivity contribution in [2.24, 2.45) is 0 Å². The summed E-state index contributed by atoms with van der Waals surface area (Å²) in [6.45, 7) is 1.91. The molecule has 1 amide bonds. The van der Waals surface area contributed by atoms with Crippen molar-refractivity contribution in [3.8, 4) is 17.2 Å². The van der Waals surface area contributed by atoms with Crippen molar-refractivity contribution in [1.29, 1.82) is 0 Å². The van der Waals surface area contributed by atoms with Gasteiger partial charge in [0.25, 0.3) is 5.91 Å². The predicted octanol–water partition coefficient (Wildman–Crippen LogP) is 2.01. The van der Waals surface area contributed by atoms with Gasteiger partial charge in [-0.2, -0.15) is 0 Å². The zero-order valence-electron chi connectivity index (χ0n) is 13.6. The van der Waals surface area contributed by atoms with Crippen LogP contribution in [0.3, 0.4) is 0 Å². The number of methoxy groups -OCH3 is 3. The molecule has 0 aliphatic carbocycles. The van der Waals surface area contributed by atoms with Gasteiger partial charge in [0.1, 0.15) is 11.5 Å². The molecule has 0 spiro atoms. The summed E-state index contributed by atoms with van der Waals surface area (Å²) in [6, 6.07) is 7.24. The zero-order valence-corrected chi connectivity index (χ0v) is 13.6. The van der Waals surface area contributed by atoms with Gasteiger partial charge in [-0.1, -0.05) is 0 Å². The van der Waals surface area contributed by atoms with E-state index in [1.807, 2.05) is 12.1 Å². The lowest BCUT2D eigenvalue weighted by Gasteiger charge is -2.13. The van der Waals surface area contributed by atoms with E-state index in [0.717, 1.165) is 11.3 Å². The number of hydrogen-bond donors (Lipinski definition) is 1. The van der Waals surface area contributed by atoms with Gasteiger partial charge >= 0.3 is 0 Å². The fraction of sp³-hybridized carbons (Fsp3) is 0.375. The van der Waals surface area contributed by atoms with E-state index < -0.39 is 6.29 Å². The summed E-state index contributed by atoms with van der Waals surface area (Å²) < 4.78 is 20.7. The summed E-state index contributed by atoms with van der Waals surface area (Å²) in [4.78, 5) is 16.4. The van der Waals surface area contributed by atoms with Crippen LogP contribution in [0.15, 0.2) is 28.7 Å². The van der Waals surface area contributed by atoms with Crippen molar-refractivity contribution >= 4 is 5.91 Å². The van der Waals surface area contributed by atoms with Crippen molar-refractivity contribution in [3.05, 3.63) is 35.7 Å². The number of hydrogen-bond acceptors (Lipinski definition) is 6. The first-order valence-electron chi connectivity index (χ1n) is 7.04. The third kappa shape index (κ3) is 4.08. The largest absolute Gasteiger partial charge is 0.497 e. The number of rotatable bonds is 7. The molecule has 7 heteroatoms. The zero-order chi connectivity index (χ0) is 16.8. The van der Waals surface area contributed by atoms with Gasteiger partial charge in [-0.15, -0.1) is 0 Å². The third-order valence-electron chi connectivity index (χ3n) is 3.30. The summed E-state index contributed by atoms with van der Waals surface area (Å²) in [5, 5.41) is 2.69. The van der Waals surface area contributed by atoms with Gasteiger partial charge < -0.3 is 23.9 Å². The number of benzene rings is 1. The number of nitrogens with one attached hydrogen (secondary N) is 1. The minimum Gasteiger partial charge on any atom is -0.497 e. The number of aryl methyl sites for hydroxylation is 1. The number of nitrogens with zero attached hydrogens (tertiary/aromatic N) is 1. The molecule has 1 aromatic carbocycles. The Morgan fingerprint density at radius 1 is 1.22 bits per heavy atom. The third-order valence-corrected chi connectivity index (χ3v) is 3.30. The molecule has 2 rings (SSSR count). The van der Waals surface area contributed by atoms with Crippen molar-refractivity contribution in [1.82, 2.24) is 10.3 Å². The second kappa shape index (κ2) is 7.75. The first kappa shape index (κ1) is 17.0. The average molecular weight is 320 g/mol. The highest BCUT2D eigenvalue weighted by Gasteiger charge is 2.19. The number of carbonyl (C=O) groups excluding carboxylic acids is 1. The Hall–Kier alpha value is -2.38. The molecule has 0 bridgehead atoms. The first-order chi connectivity index (χ1) is 11.1. The maximum Gasteiger partial charge on any atom is 0.273 e. The van der Waals surface area contributed by atoms with Gasteiger partial charge in [0.2, 0.25) is 5.89 Å². The van der Waals surface area contributed by atoms with Crippen LogP contribution in [-0.4, -0.2) is 45.1 Å². The summed E-state index contributed by atoms with van der Waals surface area (Å²) >= 11 is 0. The molecule has 0 saturated carbocycles. The molecule has 2 aromatic rings. The fourth-order valence-corrected chi connectivity index (χ4v) is 1.99. The van der Waals surface area contributed by atoms with E-state index in [-0.39, 0.29) is 18.1 Å². The van der Waals surface area contributed by atoms with E-state index in [1.165, 1.54) is 14.2 Å². The Morgan fingerprint density at radius 2 is 1.87 bits per heavy atom. The minimum absolute atomic E-state index is 0.218. The van der Waals surface area contributed by atoms with Gasteiger partial charge in [-0.25, -0.2) is 4.98 Å². The number of oxazole rings is 1. The highest BCUT2D eigenvalue weighted by Crippen LogP contribution is 2.23. The van der Waals surface area contributed by atoms with Gasteiger partial charge in [0, 0.05) is 19.8 Å². The minimum atomic E-state index is -0.507. The van der Waals surface area contributed by atoms with Crippen LogP contribution >= 0.6 is 0 Å². The Kier molecular flexibility index (Phi) is 5.72. The van der Waals surface area contributed by atoms with Crippen LogP contribution in [-0.2, 0) is 9.47 Å². The van der Waals surface area contributed by atoms with Crippen LogP contribution in [0.5, 0.6) is 5.75 Å². The van der Waals surface area contributed by atoms with Crippen molar-refractivity contribution < 1.29 is 23.4 Å². The highest BCUT2D eigenvalue weighted by atomic mass is 16.7. The molecule has 0 atom stereocenters. The van der Waals surface area contributed by atoms with Crippen LogP contribution in [0.25, 0.3) is 11.5 Å². The summed E-state index contributed by atoms with van der Waals surface area (Å²) in [6.07, 6.45) is -0.507. The Bertz CT molecular complexity index is 647. The lowest BCUT2D eigenvalue weighted by Crippen LogP contribution is -2.34. The van der Waals surface area contributed by atoms with E-state index >= 15 is 0 Å². The van der Waals surface area contributed by atoms with Crippen LogP contribution in [0.1, 0.15) is 16.2 Å². The summed E-state index contributed by atoms with van der Waals surface area (Å²) in [7, 11) is 4.60. The fourth-order valence-electron chi connectivity index (χ4n) is 1.99. The predicted molar refractivity (Wildman–Crippen MR) is 83.4 cm³/mol. The van der Waals surface area contributed by atoms with Crippen LogP contribution in [0.4, 0.5) is 0 Å². The van der Waals surface area contributed by atoms with Gasteiger partial charge in [-0.3, -0.25) is 4.79 Å². The molecule has 0 aliphatic rings. The molecule has 23 heavy (non-hydrogen) atoms. The molecule has 0 saturated heterocycles. The average Bonchev–Trinajstić information content (AvgIpc) is 2.97. The highest BCUT2D eigenvalue weighted by molar-refractivity contribution is 5.93. The smallest absolute Gasteiger partial charge is 0.273 e. The molecule has 124 valence electrons. The lowest BCUT2D eigenvalue weighted by atomic mass is 10.2. The van der Waals surface area contributed by atoms with Gasteiger partial charge in [0.15, 0.2) is 12.0 Å². The molecule has 0 fully saturated rings. The van der Waals surface area contributed by atoms with Crippen LogP contribution in [0.2, 0.25) is 0 Å². The topological polar surface area (TPSA) is 82.8 Å². The van der Waals surface area contributed by atoms with Crippen molar-refractivity contribution in [2.75, 3.05) is 27.9 Å². The molecule has 0 radical (unpaired) electrons. The number of amides is 1. The molecule has 1 N–H and O–H groups in total. The van der Waals surface area contributed by atoms with E-state index in [1.54, 1.807) is 26.2 Å². The molecule has 1 heterocycles. The molecule has 0 unspecified atom stereocenters. The standard InChI is InChI=1S/C16H20N2O5/c1-10-14(15(19)17-9-13(21-3)22-4)18-16(23-10)11-5-7-12(20-2)8-6-11/h5-8,13H,9H2,1-4H3,(H,17,19). The summed E-state index contributed by atoms with van der Waals surface area (Å²) in [5.41, 5.74) is 1.00. The van der Waals surface area contributed by atoms with E-state index in [9.17, 15) is 4.79 Å². The normalized spacial score (nSPS) is 10.8. The monoisotopic (exact) mass is 320 g/mol. The quantitative estimate of drug-likeness (QED) is 0.786. The van der Waals surface area contributed by atoms with Crippen molar-refractivity contribution in [2.45, 2.75) is 13.2 Å². The molecular weight excluding hydrogens is 300 g/mol. The second-order valence-electron chi connectivity index (χ2n) is 4.76. The Labute approximate surface area is 134 Å². The van der Waals surface area contributed by atoms with E-state index in [2.05, 4.69) is 10.3 Å². The van der Waals surface area contributed by atoms with Crippen molar-refractivity contribution in [3.63, 3.8) is 0 Å². The maximum atomic E-state index is 12.2. The Balaban J connectivity index is 2.12. The van der Waals surface area contributed by atoms with E-state index in [0.29, 0.717) is 11.7 Å².